The van der Waals surface area contributed by atoms with E-state index in [1.165, 1.54) is 82.6 Å². The van der Waals surface area contributed by atoms with Crippen LogP contribution in [0.3, 0.4) is 0 Å². The minimum atomic E-state index is 0.889. The summed E-state index contributed by atoms with van der Waals surface area (Å²) in [5.41, 5.74) is 5.82. The molecule has 1 aliphatic rings. The summed E-state index contributed by atoms with van der Waals surface area (Å²) in [5.74, 6) is 0. The van der Waals surface area contributed by atoms with E-state index in [0.29, 0.717) is 0 Å². The van der Waals surface area contributed by atoms with Crippen molar-refractivity contribution in [3.63, 3.8) is 0 Å². The topological polar surface area (TPSA) is 23.8 Å². The van der Waals surface area contributed by atoms with Crippen LogP contribution in [0.25, 0.3) is 0 Å². The summed E-state index contributed by atoms with van der Waals surface area (Å²) in [5, 5.41) is 9.33. The fourth-order valence-corrected chi connectivity index (χ4v) is 3.41. The Kier molecular flexibility index (Phi) is 12.7. The van der Waals surface area contributed by atoms with E-state index in [9.17, 15) is 5.26 Å². The lowest BCUT2D eigenvalue weighted by Crippen LogP contribution is -1.88. The van der Waals surface area contributed by atoms with Gasteiger partial charge in [-0.3, -0.25) is 0 Å². The lowest BCUT2D eigenvalue weighted by atomic mass is 9.99. The van der Waals surface area contributed by atoms with Gasteiger partial charge in [-0.2, -0.15) is 5.26 Å². The van der Waals surface area contributed by atoms with Crippen LogP contribution in [0.4, 0.5) is 0 Å². The molecule has 1 heteroatoms. The van der Waals surface area contributed by atoms with E-state index in [1.54, 1.807) is 0 Å². The Morgan fingerprint density at radius 2 is 1.22 bits per heavy atom. The first kappa shape index (κ1) is 20.1. The normalized spacial score (nSPS) is 19.0. The zero-order valence-corrected chi connectivity index (χ0v) is 15.5. The predicted molar refractivity (Wildman–Crippen MR) is 100 cm³/mol. The molecule has 23 heavy (non-hydrogen) atoms. The smallest absolute Gasteiger partial charge is 0.103 e. The molecule has 1 saturated carbocycles. The van der Waals surface area contributed by atoms with Crippen LogP contribution in [0.1, 0.15) is 116 Å². The van der Waals surface area contributed by atoms with Gasteiger partial charge in [0.2, 0.25) is 0 Å². The monoisotopic (exact) mass is 315 g/mol. The third kappa shape index (κ3) is 11.2. The van der Waals surface area contributed by atoms with Crippen molar-refractivity contribution >= 4 is 0 Å². The highest BCUT2D eigenvalue weighted by Gasteiger charge is 2.02. The molecule has 0 aromatic rings. The van der Waals surface area contributed by atoms with Gasteiger partial charge in [0, 0.05) is 0 Å². The second-order valence-electron chi connectivity index (χ2n) is 7.17. The molecule has 0 spiro atoms. The fraction of sp³-hybridized carbons (Fsp3) is 0.818. The molecule has 0 unspecified atom stereocenters. The van der Waals surface area contributed by atoms with Crippen molar-refractivity contribution in [1.29, 1.82) is 5.26 Å². The largest absolute Gasteiger partial charge is 0.192 e. The Bertz CT molecular complexity index is 375. The Labute approximate surface area is 144 Å². The maximum atomic E-state index is 9.33. The second kappa shape index (κ2) is 14.6. The molecule has 0 amide bonds. The lowest BCUT2D eigenvalue weighted by molar-refractivity contribution is 0.548. The van der Waals surface area contributed by atoms with Crippen LogP contribution in [0.5, 0.6) is 0 Å². The van der Waals surface area contributed by atoms with Crippen LogP contribution < -0.4 is 0 Å². The van der Waals surface area contributed by atoms with Crippen molar-refractivity contribution < 1.29 is 0 Å². The van der Waals surface area contributed by atoms with E-state index in [2.05, 4.69) is 18.7 Å². The number of hydrogen-bond donors (Lipinski definition) is 0. The highest BCUT2D eigenvalue weighted by atomic mass is 14.2. The van der Waals surface area contributed by atoms with E-state index in [0.717, 1.165) is 37.7 Å². The van der Waals surface area contributed by atoms with E-state index < -0.39 is 0 Å². The number of nitrogens with zero attached hydrogens (tertiary/aromatic N) is 1. The van der Waals surface area contributed by atoms with E-state index in [1.807, 2.05) is 0 Å². The van der Waals surface area contributed by atoms with Crippen LogP contribution in [0.2, 0.25) is 0 Å². The van der Waals surface area contributed by atoms with Gasteiger partial charge in [-0.15, -0.1) is 5.73 Å². The fourth-order valence-electron chi connectivity index (χ4n) is 3.41. The highest BCUT2D eigenvalue weighted by molar-refractivity contribution is 5.22. The third-order valence-electron chi connectivity index (χ3n) is 4.95. The van der Waals surface area contributed by atoms with Crippen molar-refractivity contribution in [1.82, 2.24) is 0 Å². The van der Waals surface area contributed by atoms with Gasteiger partial charge in [-0.1, -0.05) is 77.6 Å². The summed E-state index contributed by atoms with van der Waals surface area (Å²) in [6.07, 6.45) is 22.1. The van der Waals surface area contributed by atoms with Crippen molar-refractivity contribution in [3.05, 3.63) is 16.9 Å². The molecule has 0 saturated heterocycles. The van der Waals surface area contributed by atoms with Gasteiger partial charge in [0.1, 0.15) is 6.07 Å². The molecule has 0 aliphatic heterocycles. The Morgan fingerprint density at radius 3 is 1.61 bits per heavy atom. The summed E-state index contributed by atoms with van der Waals surface area (Å²) in [4.78, 5) is 0. The number of unbranched alkanes of at least 4 members (excludes halogenated alkanes) is 1. The first-order valence-electron chi connectivity index (χ1n) is 10.2. The van der Waals surface area contributed by atoms with Crippen molar-refractivity contribution in [2.24, 2.45) is 0 Å². The molecular formula is C22H37N. The molecule has 0 aromatic carbocycles. The molecule has 0 heterocycles. The van der Waals surface area contributed by atoms with Gasteiger partial charge < -0.3 is 0 Å². The first-order valence-corrected chi connectivity index (χ1v) is 10.2. The van der Waals surface area contributed by atoms with Gasteiger partial charge in [-0.05, 0) is 44.1 Å². The summed E-state index contributed by atoms with van der Waals surface area (Å²) < 4.78 is 0. The third-order valence-corrected chi connectivity index (χ3v) is 4.95. The minimum absolute atomic E-state index is 0.889. The molecule has 0 aromatic heterocycles. The average molecular weight is 316 g/mol. The van der Waals surface area contributed by atoms with Gasteiger partial charge in [-0.25, -0.2) is 0 Å². The van der Waals surface area contributed by atoms with Crippen molar-refractivity contribution in [2.75, 3.05) is 0 Å². The first-order chi connectivity index (χ1) is 11.4. The SMILES string of the molecule is CCCCC(=C=C1CCCCCCCCCCCCCC1)C#N. The number of hydrogen-bond acceptors (Lipinski definition) is 1. The van der Waals surface area contributed by atoms with E-state index >= 15 is 0 Å². The molecule has 0 N–H and O–H groups in total. The Morgan fingerprint density at radius 1 is 0.783 bits per heavy atom. The summed E-state index contributed by atoms with van der Waals surface area (Å²) in [6, 6.07) is 2.38. The Hall–Kier alpha value is -0.990. The predicted octanol–water partition coefficient (Wildman–Crippen LogP) is 7.63. The summed E-state index contributed by atoms with van der Waals surface area (Å²) in [6.45, 7) is 2.19. The zero-order chi connectivity index (χ0) is 16.6. The van der Waals surface area contributed by atoms with Crippen LogP contribution in [0.15, 0.2) is 16.9 Å². The van der Waals surface area contributed by atoms with E-state index in [-0.39, 0.29) is 0 Å². The van der Waals surface area contributed by atoms with Crippen LogP contribution in [-0.2, 0) is 0 Å². The lowest BCUT2D eigenvalue weighted by Gasteiger charge is -2.06. The number of rotatable bonds is 3. The standard InChI is InChI=1S/C22H37N/c1-2-3-16-22(20-23)19-21-17-14-12-10-8-6-4-5-7-9-11-13-15-18-21/h2-18H2,1H3. The molecule has 1 aliphatic carbocycles. The Balaban J connectivity index is 2.60. The zero-order valence-electron chi connectivity index (χ0n) is 15.5. The van der Waals surface area contributed by atoms with Crippen LogP contribution in [-0.4, -0.2) is 0 Å². The molecular weight excluding hydrogens is 278 g/mol. The molecule has 0 atom stereocenters. The molecule has 130 valence electrons. The maximum absolute atomic E-state index is 9.33. The molecule has 0 radical (unpaired) electrons. The van der Waals surface area contributed by atoms with Crippen LogP contribution >= 0.6 is 0 Å². The van der Waals surface area contributed by atoms with Gasteiger partial charge in [0.15, 0.2) is 0 Å². The number of nitriles is 1. The minimum Gasteiger partial charge on any atom is -0.192 e. The summed E-state index contributed by atoms with van der Waals surface area (Å²) in [7, 11) is 0. The average Bonchev–Trinajstić information content (AvgIpc) is 2.58. The quantitative estimate of drug-likeness (QED) is 0.388. The molecule has 0 bridgehead atoms. The molecule has 1 rings (SSSR count). The number of allylic oxidation sites excluding steroid dienone is 1. The van der Waals surface area contributed by atoms with Gasteiger partial charge >= 0.3 is 0 Å². The van der Waals surface area contributed by atoms with Crippen molar-refractivity contribution in [2.45, 2.75) is 116 Å². The second-order valence-corrected chi connectivity index (χ2v) is 7.17. The maximum Gasteiger partial charge on any atom is 0.103 e. The van der Waals surface area contributed by atoms with Gasteiger partial charge in [0.05, 0.1) is 5.57 Å². The van der Waals surface area contributed by atoms with Crippen molar-refractivity contribution in [3.8, 4) is 6.07 Å². The highest BCUT2D eigenvalue weighted by Crippen LogP contribution is 2.20. The van der Waals surface area contributed by atoms with E-state index in [4.69, 9.17) is 0 Å². The molecule has 1 nitrogen and oxygen atoms in total. The summed E-state index contributed by atoms with van der Waals surface area (Å²) >= 11 is 0. The van der Waals surface area contributed by atoms with Gasteiger partial charge in [0.25, 0.3) is 0 Å². The van der Waals surface area contributed by atoms with Crippen LogP contribution in [0, 0.1) is 11.3 Å². The molecule has 1 fully saturated rings.